The summed E-state index contributed by atoms with van der Waals surface area (Å²) in [4.78, 5) is 16.4. The molecule has 5 heteroatoms. The van der Waals surface area contributed by atoms with E-state index < -0.39 is 0 Å². The molecule has 1 atom stereocenters. The molecular weight excluding hydrogens is 324 g/mol. The maximum Gasteiger partial charge on any atom is 0.246 e. The first-order valence-electron chi connectivity index (χ1n) is 9.46. The van der Waals surface area contributed by atoms with Gasteiger partial charge in [-0.25, -0.2) is 0 Å². The SMILES string of the molecule is CC[NH+]1CCN(c2ccc(N[C@@H](C)C(=O)Nc3ccccc3)cc2)CC1. The van der Waals surface area contributed by atoms with Gasteiger partial charge >= 0.3 is 0 Å². The zero-order valence-electron chi connectivity index (χ0n) is 15.7. The van der Waals surface area contributed by atoms with Crippen molar-refractivity contribution in [2.24, 2.45) is 0 Å². The Bertz CT molecular complexity index is 694. The third kappa shape index (κ3) is 4.76. The number of nitrogens with zero attached hydrogens (tertiary/aromatic N) is 1. The predicted molar refractivity (Wildman–Crippen MR) is 108 cm³/mol. The van der Waals surface area contributed by atoms with E-state index in [9.17, 15) is 4.79 Å². The molecule has 0 radical (unpaired) electrons. The van der Waals surface area contributed by atoms with Crippen molar-refractivity contribution in [3.8, 4) is 0 Å². The number of anilines is 3. The summed E-state index contributed by atoms with van der Waals surface area (Å²) in [6.07, 6.45) is 0. The molecule has 0 saturated carbocycles. The van der Waals surface area contributed by atoms with Crippen LogP contribution in [0.15, 0.2) is 54.6 Å². The van der Waals surface area contributed by atoms with Crippen LogP contribution in [0.1, 0.15) is 13.8 Å². The topological polar surface area (TPSA) is 48.8 Å². The lowest BCUT2D eigenvalue weighted by Gasteiger charge is -2.33. The number of piperazine rings is 1. The number of carbonyl (C=O) groups is 1. The van der Waals surface area contributed by atoms with Crippen LogP contribution in [0, 0.1) is 0 Å². The maximum atomic E-state index is 12.3. The molecule has 2 aromatic carbocycles. The lowest BCUT2D eigenvalue weighted by Crippen LogP contribution is -3.14. The second-order valence-electron chi connectivity index (χ2n) is 6.86. The summed E-state index contributed by atoms with van der Waals surface area (Å²) >= 11 is 0. The van der Waals surface area contributed by atoms with Crippen LogP contribution in [0.3, 0.4) is 0 Å². The Hall–Kier alpha value is -2.53. The molecule has 5 nitrogen and oxygen atoms in total. The number of benzene rings is 2. The summed E-state index contributed by atoms with van der Waals surface area (Å²) in [5, 5.41) is 6.20. The standard InChI is InChI=1S/C21H28N4O/c1-3-24-13-15-25(16-14-24)20-11-9-19(10-12-20)22-17(2)21(26)23-18-7-5-4-6-8-18/h4-12,17,22H,3,13-16H2,1-2H3,(H,23,26)/p+1/t17-/m0/s1. The molecule has 26 heavy (non-hydrogen) atoms. The van der Waals surface area contributed by atoms with Gasteiger partial charge in [0.1, 0.15) is 6.04 Å². The lowest BCUT2D eigenvalue weighted by atomic mass is 10.2. The highest BCUT2D eigenvalue weighted by molar-refractivity contribution is 5.96. The predicted octanol–water partition coefficient (Wildman–Crippen LogP) is 1.85. The summed E-state index contributed by atoms with van der Waals surface area (Å²) in [6.45, 7) is 9.94. The fourth-order valence-electron chi connectivity index (χ4n) is 3.29. The lowest BCUT2D eigenvalue weighted by molar-refractivity contribution is -0.898. The van der Waals surface area contributed by atoms with Crippen molar-refractivity contribution in [1.29, 1.82) is 0 Å². The molecule has 1 amide bonds. The number of likely N-dealkylation sites (N-methyl/N-ethyl adjacent to an activating group) is 1. The zero-order chi connectivity index (χ0) is 18.4. The Morgan fingerprint density at radius 2 is 1.69 bits per heavy atom. The van der Waals surface area contributed by atoms with Crippen LogP contribution in [-0.2, 0) is 4.79 Å². The Morgan fingerprint density at radius 1 is 1.04 bits per heavy atom. The fraction of sp³-hybridized carbons (Fsp3) is 0.381. The molecule has 138 valence electrons. The number of nitrogens with one attached hydrogen (secondary N) is 3. The van der Waals surface area contributed by atoms with Crippen molar-refractivity contribution in [1.82, 2.24) is 0 Å². The number of hydrogen-bond acceptors (Lipinski definition) is 3. The zero-order valence-corrected chi connectivity index (χ0v) is 15.7. The van der Waals surface area contributed by atoms with Crippen molar-refractivity contribution < 1.29 is 9.69 Å². The van der Waals surface area contributed by atoms with Gasteiger partial charge in [-0.1, -0.05) is 18.2 Å². The monoisotopic (exact) mass is 353 g/mol. The first-order chi connectivity index (χ1) is 12.7. The first-order valence-corrected chi connectivity index (χ1v) is 9.46. The van der Waals surface area contributed by atoms with Gasteiger partial charge in [-0.3, -0.25) is 4.79 Å². The van der Waals surface area contributed by atoms with E-state index >= 15 is 0 Å². The smallest absolute Gasteiger partial charge is 0.246 e. The molecule has 0 aliphatic carbocycles. The fourth-order valence-corrected chi connectivity index (χ4v) is 3.29. The van der Waals surface area contributed by atoms with E-state index in [2.05, 4.69) is 46.7 Å². The summed E-state index contributed by atoms with van der Waals surface area (Å²) in [7, 11) is 0. The second-order valence-corrected chi connectivity index (χ2v) is 6.86. The molecule has 1 aliphatic rings. The van der Waals surface area contributed by atoms with Gasteiger partial charge in [-0.05, 0) is 50.2 Å². The quantitative estimate of drug-likeness (QED) is 0.743. The van der Waals surface area contributed by atoms with Crippen LogP contribution in [-0.4, -0.2) is 44.7 Å². The van der Waals surface area contributed by atoms with Crippen molar-refractivity contribution in [3.63, 3.8) is 0 Å². The molecule has 3 N–H and O–H groups in total. The van der Waals surface area contributed by atoms with E-state index in [1.807, 2.05) is 37.3 Å². The highest BCUT2D eigenvalue weighted by Crippen LogP contribution is 2.19. The van der Waals surface area contributed by atoms with E-state index in [0.29, 0.717) is 0 Å². The van der Waals surface area contributed by atoms with Gasteiger partial charge in [0.05, 0.1) is 32.7 Å². The van der Waals surface area contributed by atoms with E-state index in [0.717, 1.165) is 24.5 Å². The minimum atomic E-state index is -0.308. The first kappa shape index (κ1) is 18.3. The highest BCUT2D eigenvalue weighted by atomic mass is 16.2. The van der Waals surface area contributed by atoms with Gasteiger partial charge in [-0.2, -0.15) is 0 Å². The highest BCUT2D eigenvalue weighted by Gasteiger charge is 2.18. The van der Waals surface area contributed by atoms with Crippen LogP contribution < -0.4 is 20.4 Å². The number of quaternary nitrogens is 1. The molecule has 0 bridgehead atoms. The summed E-state index contributed by atoms with van der Waals surface area (Å²) in [5.74, 6) is -0.0426. The van der Waals surface area contributed by atoms with Gasteiger partial charge in [0.15, 0.2) is 0 Å². The van der Waals surface area contributed by atoms with Crippen LogP contribution >= 0.6 is 0 Å². The molecule has 2 aromatic rings. The Kier molecular flexibility index (Phi) is 6.12. The molecule has 1 heterocycles. The van der Waals surface area contributed by atoms with E-state index in [1.165, 1.54) is 25.3 Å². The number of rotatable bonds is 6. The van der Waals surface area contributed by atoms with E-state index in [4.69, 9.17) is 0 Å². The normalized spacial score (nSPS) is 16.2. The Labute approximate surface area is 156 Å². The van der Waals surface area contributed by atoms with Crippen LogP contribution in [0.2, 0.25) is 0 Å². The molecular formula is C21H29N4O+. The van der Waals surface area contributed by atoms with Crippen molar-refractivity contribution in [2.75, 3.05) is 48.3 Å². The number of carbonyl (C=O) groups excluding carboxylic acids is 1. The van der Waals surface area contributed by atoms with Gasteiger partial charge in [0.25, 0.3) is 0 Å². The van der Waals surface area contributed by atoms with Crippen molar-refractivity contribution in [2.45, 2.75) is 19.9 Å². The molecule has 3 rings (SSSR count). The summed E-state index contributed by atoms with van der Waals surface area (Å²) in [6, 6.07) is 17.6. The van der Waals surface area contributed by atoms with E-state index in [-0.39, 0.29) is 11.9 Å². The van der Waals surface area contributed by atoms with Gasteiger partial charge in [0, 0.05) is 17.1 Å². The van der Waals surface area contributed by atoms with Crippen molar-refractivity contribution >= 4 is 23.0 Å². The largest absolute Gasteiger partial charge is 0.374 e. The van der Waals surface area contributed by atoms with Crippen LogP contribution in [0.5, 0.6) is 0 Å². The van der Waals surface area contributed by atoms with E-state index in [1.54, 1.807) is 4.90 Å². The number of amides is 1. The summed E-state index contributed by atoms with van der Waals surface area (Å²) < 4.78 is 0. The Morgan fingerprint density at radius 3 is 2.31 bits per heavy atom. The molecule has 0 unspecified atom stereocenters. The average Bonchev–Trinajstić information content (AvgIpc) is 2.69. The van der Waals surface area contributed by atoms with Crippen molar-refractivity contribution in [3.05, 3.63) is 54.6 Å². The van der Waals surface area contributed by atoms with Gasteiger partial charge in [0.2, 0.25) is 5.91 Å². The minimum Gasteiger partial charge on any atom is -0.374 e. The van der Waals surface area contributed by atoms with Crippen LogP contribution in [0.4, 0.5) is 17.1 Å². The third-order valence-corrected chi connectivity index (χ3v) is 5.02. The molecule has 0 aromatic heterocycles. The Balaban J connectivity index is 1.53. The molecule has 0 spiro atoms. The number of hydrogen-bond donors (Lipinski definition) is 3. The van der Waals surface area contributed by atoms with Gasteiger partial charge < -0.3 is 20.4 Å². The minimum absolute atomic E-state index is 0.0426. The third-order valence-electron chi connectivity index (χ3n) is 5.02. The molecule has 1 fully saturated rings. The average molecular weight is 353 g/mol. The molecule has 1 saturated heterocycles. The number of para-hydroxylation sites is 1. The van der Waals surface area contributed by atoms with Crippen LogP contribution in [0.25, 0.3) is 0 Å². The second kappa shape index (κ2) is 8.72. The maximum absolute atomic E-state index is 12.3. The van der Waals surface area contributed by atoms with Gasteiger partial charge in [-0.15, -0.1) is 0 Å². The molecule has 1 aliphatic heterocycles. The summed E-state index contributed by atoms with van der Waals surface area (Å²) in [5.41, 5.74) is 3.03.